The van der Waals surface area contributed by atoms with Crippen LogP contribution in [0.2, 0.25) is 0 Å². The van der Waals surface area contributed by atoms with Gasteiger partial charge in [0.05, 0.1) is 7.11 Å². The molecular formula is C16H20O. The monoisotopic (exact) mass is 228 g/mol. The van der Waals surface area contributed by atoms with Crippen LogP contribution in [0.15, 0.2) is 54.6 Å². The number of benzene rings is 1. The molecule has 1 heteroatoms. The molecule has 0 N–H and O–H groups in total. The second-order valence-corrected chi connectivity index (χ2v) is 3.95. The van der Waals surface area contributed by atoms with Crippen molar-refractivity contribution in [2.45, 2.75) is 20.3 Å². The molecule has 0 fully saturated rings. The Kier molecular flexibility index (Phi) is 5.28. The van der Waals surface area contributed by atoms with Crippen LogP contribution >= 0.6 is 0 Å². The highest BCUT2D eigenvalue weighted by atomic mass is 16.5. The van der Waals surface area contributed by atoms with Gasteiger partial charge in [-0.15, -0.1) is 0 Å². The quantitative estimate of drug-likeness (QED) is 0.668. The molecule has 1 nitrogen and oxygen atoms in total. The van der Waals surface area contributed by atoms with Gasteiger partial charge in [-0.1, -0.05) is 49.4 Å². The molecule has 1 rings (SSSR count). The maximum absolute atomic E-state index is 5.13. The van der Waals surface area contributed by atoms with Crippen LogP contribution in [0.25, 0.3) is 5.57 Å². The van der Waals surface area contributed by atoms with Gasteiger partial charge >= 0.3 is 0 Å². The van der Waals surface area contributed by atoms with Crippen molar-refractivity contribution in [3.8, 4) is 5.75 Å². The number of hydrogen-bond acceptors (Lipinski definition) is 1. The lowest BCUT2D eigenvalue weighted by Crippen LogP contribution is -1.83. The molecule has 0 aliphatic rings. The van der Waals surface area contributed by atoms with Gasteiger partial charge in [0, 0.05) is 0 Å². The summed E-state index contributed by atoms with van der Waals surface area (Å²) in [5.74, 6) is 0.886. The molecule has 0 bridgehead atoms. The lowest BCUT2D eigenvalue weighted by atomic mass is 10.1. The normalized spacial score (nSPS) is 11.8. The first-order valence-corrected chi connectivity index (χ1v) is 5.84. The first-order valence-electron chi connectivity index (χ1n) is 5.84. The van der Waals surface area contributed by atoms with Gasteiger partial charge in [-0.25, -0.2) is 0 Å². The molecule has 17 heavy (non-hydrogen) atoms. The number of allylic oxidation sites excluding steroid dienone is 5. The maximum Gasteiger partial charge on any atom is 0.118 e. The third-order valence-corrected chi connectivity index (χ3v) is 2.68. The highest BCUT2D eigenvalue weighted by Gasteiger charge is 1.95. The molecule has 0 saturated carbocycles. The summed E-state index contributed by atoms with van der Waals surface area (Å²) >= 11 is 0. The molecule has 1 aromatic rings. The van der Waals surface area contributed by atoms with Crippen molar-refractivity contribution in [3.05, 3.63) is 60.2 Å². The van der Waals surface area contributed by atoms with Gasteiger partial charge in [-0.05, 0) is 36.6 Å². The summed E-state index contributed by atoms with van der Waals surface area (Å²) in [6.45, 7) is 8.13. The van der Waals surface area contributed by atoms with Crippen molar-refractivity contribution in [2.24, 2.45) is 0 Å². The molecule has 0 aliphatic heterocycles. The Bertz CT molecular complexity index is 421. The Hall–Kier alpha value is -1.76. The van der Waals surface area contributed by atoms with Crippen LogP contribution in [0.1, 0.15) is 25.8 Å². The smallest absolute Gasteiger partial charge is 0.118 e. The second-order valence-electron chi connectivity index (χ2n) is 3.95. The highest BCUT2D eigenvalue weighted by molar-refractivity contribution is 5.65. The van der Waals surface area contributed by atoms with Crippen molar-refractivity contribution in [1.29, 1.82) is 0 Å². The summed E-state index contributed by atoms with van der Waals surface area (Å²) in [7, 11) is 1.68. The third kappa shape index (κ3) is 4.31. The van der Waals surface area contributed by atoms with Crippen molar-refractivity contribution in [3.63, 3.8) is 0 Å². The van der Waals surface area contributed by atoms with Gasteiger partial charge in [0.25, 0.3) is 0 Å². The van der Waals surface area contributed by atoms with Crippen LogP contribution in [0.3, 0.4) is 0 Å². The van der Waals surface area contributed by atoms with Gasteiger partial charge in [0.15, 0.2) is 0 Å². The zero-order valence-electron chi connectivity index (χ0n) is 10.9. The first kappa shape index (κ1) is 13.3. The number of hydrogen-bond donors (Lipinski definition) is 0. The zero-order chi connectivity index (χ0) is 12.7. The summed E-state index contributed by atoms with van der Waals surface area (Å²) < 4.78 is 5.13. The lowest BCUT2D eigenvalue weighted by molar-refractivity contribution is 0.415. The Balaban J connectivity index is 2.74. The Morgan fingerprint density at radius 2 is 1.94 bits per heavy atom. The van der Waals surface area contributed by atoms with E-state index >= 15 is 0 Å². The van der Waals surface area contributed by atoms with Crippen LogP contribution in [-0.2, 0) is 0 Å². The van der Waals surface area contributed by atoms with Crippen LogP contribution in [-0.4, -0.2) is 7.11 Å². The Labute approximate surface area is 104 Å². The standard InChI is InChI=1S/C16H20O/c1-5-13(2)7-6-8-14(3)15-9-11-16(17-4)12-10-15/h6-12H,2,5H2,1,3-4H3/b7-6-,14-8+. The number of ether oxygens (including phenoxy) is 1. The van der Waals surface area contributed by atoms with Crippen molar-refractivity contribution in [1.82, 2.24) is 0 Å². The SMILES string of the molecule is C=C(/C=C\C=C(/C)c1ccc(OC)cc1)CC. The van der Waals surface area contributed by atoms with E-state index in [4.69, 9.17) is 4.74 Å². The number of methoxy groups -OCH3 is 1. The molecular weight excluding hydrogens is 208 g/mol. The largest absolute Gasteiger partial charge is 0.497 e. The lowest BCUT2D eigenvalue weighted by Gasteiger charge is -2.02. The molecule has 0 aliphatic carbocycles. The zero-order valence-corrected chi connectivity index (χ0v) is 10.9. The van der Waals surface area contributed by atoms with Gasteiger partial charge in [-0.2, -0.15) is 0 Å². The fourth-order valence-corrected chi connectivity index (χ4v) is 1.40. The fraction of sp³-hybridized carbons (Fsp3) is 0.250. The van der Waals surface area contributed by atoms with Crippen molar-refractivity contribution < 1.29 is 4.74 Å². The van der Waals surface area contributed by atoms with E-state index < -0.39 is 0 Å². The van der Waals surface area contributed by atoms with E-state index in [-0.39, 0.29) is 0 Å². The van der Waals surface area contributed by atoms with Crippen LogP contribution in [0.4, 0.5) is 0 Å². The summed E-state index contributed by atoms with van der Waals surface area (Å²) in [5, 5.41) is 0. The van der Waals surface area contributed by atoms with E-state index in [0.717, 1.165) is 17.7 Å². The molecule has 0 heterocycles. The topological polar surface area (TPSA) is 9.23 Å². The molecule has 0 atom stereocenters. The van der Waals surface area contributed by atoms with E-state index in [1.165, 1.54) is 11.1 Å². The predicted molar refractivity (Wildman–Crippen MR) is 75.2 cm³/mol. The molecule has 0 spiro atoms. The predicted octanol–water partition coefficient (Wildman–Crippen LogP) is 4.62. The van der Waals surface area contributed by atoms with Crippen LogP contribution in [0, 0.1) is 0 Å². The molecule has 1 aromatic carbocycles. The summed E-state index contributed by atoms with van der Waals surface area (Å²) in [5.41, 5.74) is 3.58. The molecule has 90 valence electrons. The van der Waals surface area contributed by atoms with Gasteiger partial charge in [0.2, 0.25) is 0 Å². The first-order chi connectivity index (χ1) is 8.17. The molecule has 0 radical (unpaired) electrons. The van der Waals surface area contributed by atoms with E-state index in [9.17, 15) is 0 Å². The maximum atomic E-state index is 5.13. The minimum absolute atomic E-state index is 0.886. The van der Waals surface area contributed by atoms with Crippen molar-refractivity contribution >= 4 is 5.57 Å². The average molecular weight is 228 g/mol. The van der Waals surface area contributed by atoms with E-state index in [1.54, 1.807) is 7.11 Å². The highest BCUT2D eigenvalue weighted by Crippen LogP contribution is 2.18. The Morgan fingerprint density at radius 1 is 1.29 bits per heavy atom. The molecule has 0 amide bonds. The van der Waals surface area contributed by atoms with Crippen LogP contribution < -0.4 is 4.74 Å². The summed E-state index contributed by atoms with van der Waals surface area (Å²) in [6, 6.07) is 8.07. The van der Waals surface area contributed by atoms with E-state index in [2.05, 4.69) is 38.6 Å². The minimum atomic E-state index is 0.886. The second kappa shape index (κ2) is 6.74. The van der Waals surface area contributed by atoms with E-state index in [1.807, 2.05) is 24.3 Å². The van der Waals surface area contributed by atoms with Crippen LogP contribution in [0.5, 0.6) is 5.75 Å². The van der Waals surface area contributed by atoms with Gasteiger partial charge in [0.1, 0.15) is 5.75 Å². The molecule has 0 unspecified atom stereocenters. The summed E-state index contributed by atoms with van der Waals surface area (Å²) in [4.78, 5) is 0. The minimum Gasteiger partial charge on any atom is -0.497 e. The average Bonchev–Trinajstić information content (AvgIpc) is 2.38. The molecule has 0 saturated heterocycles. The fourth-order valence-electron chi connectivity index (χ4n) is 1.40. The van der Waals surface area contributed by atoms with E-state index in [0.29, 0.717) is 0 Å². The third-order valence-electron chi connectivity index (χ3n) is 2.68. The molecule has 0 aromatic heterocycles. The van der Waals surface area contributed by atoms with Gasteiger partial charge < -0.3 is 4.74 Å². The summed E-state index contributed by atoms with van der Waals surface area (Å²) in [6.07, 6.45) is 7.19. The number of rotatable bonds is 5. The Morgan fingerprint density at radius 3 is 2.47 bits per heavy atom. The van der Waals surface area contributed by atoms with Gasteiger partial charge in [-0.3, -0.25) is 0 Å². The van der Waals surface area contributed by atoms with Crippen molar-refractivity contribution in [2.75, 3.05) is 7.11 Å².